The second-order valence-electron chi connectivity index (χ2n) is 5.10. The van der Waals surface area contributed by atoms with Crippen molar-refractivity contribution >= 4 is 11.8 Å². The monoisotopic (exact) mass is 237 g/mol. The molecule has 0 spiro atoms. The zero-order valence-electron chi connectivity index (χ0n) is 10.8. The Morgan fingerprint density at radius 3 is 2.62 bits per heavy atom. The zero-order valence-corrected chi connectivity index (χ0v) is 11.7. The summed E-state index contributed by atoms with van der Waals surface area (Å²) in [5.41, 5.74) is 1.56. The van der Waals surface area contributed by atoms with Crippen LogP contribution in [-0.4, -0.2) is 11.3 Å². The van der Waals surface area contributed by atoms with Gasteiger partial charge in [0.25, 0.3) is 0 Å². The van der Waals surface area contributed by atoms with Crippen molar-refractivity contribution < 1.29 is 0 Å². The second kappa shape index (κ2) is 6.31. The minimum atomic E-state index is 0.187. The summed E-state index contributed by atoms with van der Waals surface area (Å²) in [6.07, 6.45) is 1.23. The van der Waals surface area contributed by atoms with Gasteiger partial charge in [-0.25, -0.2) is 0 Å². The number of hydrogen-bond donors (Lipinski definition) is 1. The fraction of sp³-hybridized carbons (Fsp3) is 0.571. The molecule has 0 amide bonds. The molecule has 0 fully saturated rings. The molecule has 0 unspecified atom stereocenters. The van der Waals surface area contributed by atoms with Gasteiger partial charge in [-0.2, -0.15) is 0 Å². The van der Waals surface area contributed by atoms with E-state index >= 15 is 0 Å². The molecule has 16 heavy (non-hydrogen) atoms. The van der Waals surface area contributed by atoms with Crippen LogP contribution in [0.2, 0.25) is 0 Å². The highest BCUT2D eigenvalue weighted by Gasteiger charge is 2.08. The normalized spacial score (nSPS) is 11.8. The van der Waals surface area contributed by atoms with Crippen molar-refractivity contribution in [2.75, 3.05) is 5.75 Å². The third-order valence-corrected chi connectivity index (χ3v) is 3.39. The average Bonchev–Trinajstić information content (AvgIpc) is 2.23. The number of thioether (sulfide) groups is 1. The average molecular weight is 237 g/mol. The molecule has 0 saturated carbocycles. The predicted octanol–water partition coefficient (Wildman–Crippen LogP) is 4.08. The molecule has 0 radical (unpaired) electrons. The first-order chi connectivity index (χ1) is 7.51. The van der Waals surface area contributed by atoms with Crippen molar-refractivity contribution in [1.82, 2.24) is 5.32 Å². The highest BCUT2D eigenvalue weighted by molar-refractivity contribution is 7.99. The molecule has 2 heteroatoms. The van der Waals surface area contributed by atoms with E-state index in [0.717, 1.165) is 6.54 Å². The van der Waals surface area contributed by atoms with Crippen LogP contribution < -0.4 is 5.32 Å². The second-order valence-corrected chi connectivity index (χ2v) is 6.27. The van der Waals surface area contributed by atoms with E-state index in [9.17, 15) is 0 Å². The molecule has 0 saturated heterocycles. The van der Waals surface area contributed by atoms with Crippen LogP contribution in [0.1, 0.15) is 39.7 Å². The molecule has 1 aromatic carbocycles. The molecule has 0 aliphatic heterocycles. The van der Waals surface area contributed by atoms with Gasteiger partial charge in [0.15, 0.2) is 0 Å². The first-order valence-corrected chi connectivity index (χ1v) is 6.96. The van der Waals surface area contributed by atoms with Gasteiger partial charge in [0.2, 0.25) is 0 Å². The fourth-order valence-corrected chi connectivity index (χ4v) is 2.18. The van der Waals surface area contributed by atoms with Crippen molar-refractivity contribution in [3.63, 3.8) is 0 Å². The van der Waals surface area contributed by atoms with Gasteiger partial charge in [0, 0.05) is 17.0 Å². The highest BCUT2D eigenvalue weighted by Crippen LogP contribution is 2.20. The third kappa shape index (κ3) is 5.57. The van der Waals surface area contributed by atoms with Crippen molar-refractivity contribution in [2.24, 2.45) is 0 Å². The number of benzene rings is 1. The van der Waals surface area contributed by atoms with E-state index in [-0.39, 0.29) is 5.54 Å². The lowest BCUT2D eigenvalue weighted by Gasteiger charge is -2.20. The van der Waals surface area contributed by atoms with Gasteiger partial charge in [-0.15, -0.1) is 11.8 Å². The van der Waals surface area contributed by atoms with Crippen LogP contribution >= 0.6 is 11.8 Å². The first-order valence-electron chi connectivity index (χ1n) is 5.98. The summed E-state index contributed by atoms with van der Waals surface area (Å²) in [4.78, 5) is 1.38. The van der Waals surface area contributed by atoms with E-state index in [2.05, 4.69) is 57.3 Å². The summed E-state index contributed by atoms with van der Waals surface area (Å²) in [6.45, 7) is 9.76. The molecule has 1 rings (SSSR count). The Hall–Kier alpha value is -0.470. The third-order valence-electron chi connectivity index (χ3n) is 2.19. The molecule has 0 aromatic heterocycles. The summed E-state index contributed by atoms with van der Waals surface area (Å²) < 4.78 is 0. The van der Waals surface area contributed by atoms with Gasteiger partial charge in [0.1, 0.15) is 0 Å². The highest BCUT2D eigenvalue weighted by atomic mass is 32.2. The minimum Gasteiger partial charge on any atom is -0.308 e. The maximum atomic E-state index is 3.51. The molecule has 1 nitrogen and oxygen atoms in total. The van der Waals surface area contributed by atoms with E-state index in [0.29, 0.717) is 0 Å². The molecule has 0 heterocycles. The van der Waals surface area contributed by atoms with Gasteiger partial charge in [0.05, 0.1) is 0 Å². The van der Waals surface area contributed by atoms with Crippen LogP contribution in [0.15, 0.2) is 29.2 Å². The van der Waals surface area contributed by atoms with Crippen molar-refractivity contribution in [2.45, 2.75) is 51.1 Å². The first kappa shape index (κ1) is 13.6. The van der Waals surface area contributed by atoms with Crippen LogP contribution in [0.25, 0.3) is 0 Å². The largest absolute Gasteiger partial charge is 0.308 e. The quantitative estimate of drug-likeness (QED) is 0.775. The molecule has 0 atom stereocenters. The van der Waals surface area contributed by atoms with Crippen LogP contribution in [0.4, 0.5) is 0 Å². The standard InChI is InChI=1S/C14H23NS/c1-5-9-16-13-8-6-7-12(10-13)11-15-14(2,3)4/h6-8,10,15H,5,9,11H2,1-4H3. The summed E-state index contributed by atoms with van der Waals surface area (Å²) in [6, 6.07) is 8.83. The smallest absolute Gasteiger partial charge is 0.0210 e. The lowest BCUT2D eigenvalue weighted by atomic mass is 10.1. The minimum absolute atomic E-state index is 0.187. The summed E-state index contributed by atoms with van der Waals surface area (Å²) in [5, 5.41) is 3.51. The van der Waals surface area contributed by atoms with Gasteiger partial charge in [-0.1, -0.05) is 19.1 Å². The van der Waals surface area contributed by atoms with E-state index in [1.54, 1.807) is 0 Å². The Labute approximate surface area is 104 Å². The molecule has 90 valence electrons. The Bertz CT molecular complexity index is 315. The van der Waals surface area contributed by atoms with E-state index in [1.165, 1.54) is 22.6 Å². The van der Waals surface area contributed by atoms with Gasteiger partial charge < -0.3 is 5.32 Å². The topological polar surface area (TPSA) is 12.0 Å². The lowest BCUT2D eigenvalue weighted by Crippen LogP contribution is -2.35. The number of nitrogens with one attached hydrogen (secondary N) is 1. The summed E-state index contributed by atoms with van der Waals surface area (Å²) in [5.74, 6) is 1.20. The van der Waals surface area contributed by atoms with E-state index in [1.807, 2.05) is 11.8 Å². The maximum absolute atomic E-state index is 3.51. The van der Waals surface area contributed by atoms with Crippen LogP contribution in [0, 0.1) is 0 Å². The lowest BCUT2D eigenvalue weighted by molar-refractivity contribution is 0.424. The van der Waals surface area contributed by atoms with Gasteiger partial charge >= 0.3 is 0 Å². The number of rotatable bonds is 5. The fourth-order valence-electron chi connectivity index (χ4n) is 1.33. The summed E-state index contributed by atoms with van der Waals surface area (Å²) in [7, 11) is 0. The van der Waals surface area contributed by atoms with Crippen LogP contribution in [0.5, 0.6) is 0 Å². The maximum Gasteiger partial charge on any atom is 0.0210 e. The SMILES string of the molecule is CCCSc1cccc(CNC(C)(C)C)c1. The molecule has 0 aliphatic rings. The van der Waals surface area contributed by atoms with Crippen LogP contribution in [-0.2, 0) is 6.54 Å². The van der Waals surface area contributed by atoms with E-state index in [4.69, 9.17) is 0 Å². The van der Waals surface area contributed by atoms with Crippen molar-refractivity contribution in [1.29, 1.82) is 0 Å². The van der Waals surface area contributed by atoms with E-state index < -0.39 is 0 Å². The number of hydrogen-bond acceptors (Lipinski definition) is 2. The van der Waals surface area contributed by atoms with Crippen molar-refractivity contribution in [3.05, 3.63) is 29.8 Å². The Morgan fingerprint density at radius 2 is 2.00 bits per heavy atom. The Morgan fingerprint density at radius 1 is 1.25 bits per heavy atom. The molecule has 1 N–H and O–H groups in total. The Balaban J connectivity index is 2.53. The molecule has 0 aliphatic carbocycles. The van der Waals surface area contributed by atoms with Gasteiger partial charge in [-0.3, -0.25) is 0 Å². The predicted molar refractivity (Wildman–Crippen MR) is 74.0 cm³/mol. The van der Waals surface area contributed by atoms with Gasteiger partial charge in [-0.05, 0) is 50.6 Å². The molecule has 0 bridgehead atoms. The van der Waals surface area contributed by atoms with Crippen molar-refractivity contribution in [3.8, 4) is 0 Å². The molecular formula is C14H23NS. The Kier molecular flexibility index (Phi) is 5.36. The molecular weight excluding hydrogens is 214 g/mol. The zero-order chi connectivity index (χ0) is 12.0. The summed E-state index contributed by atoms with van der Waals surface area (Å²) >= 11 is 1.94. The van der Waals surface area contributed by atoms with Crippen LogP contribution in [0.3, 0.4) is 0 Å². The molecule has 1 aromatic rings.